The summed E-state index contributed by atoms with van der Waals surface area (Å²) >= 11 is 0. The van der Waals surface area contributed by atoms with Gasteiger partial charge in [-0.05, 0) is 42.9 Å². The smallest absolute Gasteiger partial charge is 0.238 e. The summed E-state index contributed by atoms with van der Waals surface area (Å²) in [6, 6.07) is 17.0. The highest BCUT2D eigenvalue weighted by molar-refractivity contribution is 5.92. The lowest BCUT2D eigenvalue weighted by Gasteiger charge is -2.33. The van der Waals surface area contributed by atoms with Gasteiger partial charge in [0, 0.05) is 31.9 Å². The number of nitrogens with zero attached hydrogens (tertiary/aromatic N) is 4. The summed E-state index contributed by atoms with van der Waals surface area (Å²) in [6.07, 6.45) is 0. The number of carbonyl (C=O) groups is 1. The molecule has 0 aliphatic carbocycles. The van der Waals surface area contributed by atoms with Crippen LogP contribution in [0, 0.1) is 0 Å². The molecular formula is C20H25N5O. The van der Waals surface area contributed by atoms with Crippen LogP contribution in [-0.2, 0) is 4.79 Å². The van der Waals surface area contributed by atoms with E-state index in [4.69, 9.17) is 0 Å². The van der Waals surface area contributed by atoms with Gasteiger partial charge < -0.3 is 10.2 Å². The molecule has 1 saturated heterocycles. The first-order chi connectivity index (χ1) is 12.7. The minimum atomic E-state index is 0.0219. The van der Waals surface area contributed by atoms with Crippen LogP contribution in [0.25, 0.3) is 0 Å². The number of carbonyl (C=O) groups excluding carboxylic acids is 1. The number of piperazine rings is 1. The summed E-state index contributed by atoms with van der Waals surface area (Å²) in [5, 5.41) is 11.3. The Morgan fingerprint density at radius 3 is 2.08 bits per heavy atom. The zero-order valence-corrected chi connectivity index (χ0v) is 15.1. The number of rotatable bonds is 6. The number of azo groups is 1. The fraction of sp³-hybridized carbons (Fsp3) is 0.350. The number of likely N-dealkylation sites (N-methyl/N-ethyl adjacent to an activating group) is 1. The maximum absolute atomic E-state index is 12.2. The summed E-state index contributed by atoms with van der Waals surface area (Å²) in [7, 11) is 0. The molecule has 6 heteroatoms. The molecule has 26 heavy (non-hydrogen) atoms. The van der Waals surface area contributed by atoms with Gasteiger partial charge in [0.15, 0.2) is 0 Å². The quantitative estimate of drug-likeness (QED) is 0.808. The predicted octanol–water partition coefficient (Wildman–Crippen LogP) is 3.68. The number of amides is 1. The molecule has 1 fully saturated rings. The van der Waals surface area contributed by atoms with Crippen LogP contribution in [-0.4, -0.2) is 55.0 Å². The van der Waals surface area contributed by atoms with E-state index in [0.29, 0.717) is 6.54 Å². The van der Waals surface area contributed by atoms with Gasteiger partial charge in [-0.15, -0.1) is 0 Å². The monoisotopic (exact) mass is 351 g/mol. The Bertz CT molecular complexity index is 722. The molecule has 2 aromatic rings. The van der Waals surface area contributed by atoms with Gasteiger partial charge in [0.05, 0.1) is 17.9 Å². The third kappa shape index (κ3) is 5.47. The third-order valence-electron chi connectivity index (χ3n) is 4.47. The molecule has 0 radical (unpaired) electrons. The first-order valence-electron chi connectivity index (χ1n) is 9.04. The molecule has 136 valence electrons. The second kappa shape index (κ2) is 9.22. The number of hydrogen-bond acceptors (Lipinski definition) is 5. The van der Waals surface area contributed by atoms with E-state index >= 15 is 0 Å². The van der Waals surface area contributed by atoms with E-state index < -0.39 is 0 Å². The Balaban J connectivity index is 1.48. The average Bonchev–Trinajstić information content (AvgIpc) is 2.69. The summed E-state index contributed by atoms with van der Waals surface area (Å²) in [5.41, 5.74) is 2.34. The summed E-state index contributed by atoms with van der Waals surface area (Å²) in [4.78, 5) is 16.8. The summed E-state index contributed by atoms with van der Waals surface area (Å²) in [6.45, 7) is 7.64. The van der Waals surface area contributed by atoms with E-state index in [0.717, 1.165) is 49.8 Å². The van der Waals surface area contributed by atoms with Crippen molar-refractivity contribution in [3.8, 4) is 0 Å². The molecule has 0 bridgehead atoms. The van der Waals surface area contributed by atoms with Crippen molar-refractivity contribution in [2.75, 3.05) is 44.6 Å². The van der Waals surface area contributed by atoms with Gasteiger partial charge >= 0.3 is 0 Å². The van der Waals surface area contributed by atoms with Crippen molar-refractivity contribution in [2.24, 2.45) is 10.2 Å². The first-order valence-corrected chi connectivity index (χ1v) is 9.04. The lowest BCUT2D eigenvalue weighted by molar-refractivity contribution is -0.117. The van der Waals surface area contributed by atoms with Gasteiger partial charge in [-0.3, -0.25) is 9.69 Å². The van der Waals surface area contributed by atoms with E-state index in [1.807, 2.05) is 54.6 Å². The van der Waals surface area contributed by atoms with Crippen LogP contribution < -0.4 is 5.32 Å². The lowest BCUT2D eigenvalue weighted by atomic mass is 10.2. The summed E-state index contributed by atoms with van der Waals surface area (Å²) < 4.78 is 0. The summed E-state index contributed by atoms with van der Waals surface area (Å²) in [5.74, 6) is 0.0219. The predicted molar refractivity (Wildman–Crippen MR) is 104 cm³/mol. The molecule has 2 aromatic carbocycles. The Morgan fingerprint density at radius 1 is 0.885 bits per heavy atom. The fourth-order valence-electron chi connectivity index (χ4n) is 2.89. The maximum Gasteiger partial charge on any atom is 0.238 e. The Kier molecular flexibility index (Phi) is 6.46. The Hall–Kier alpha value is -2.57. The topological polar surface area (TPSA) is 60.3 Å². The number of benzene rings is 2. The number of nitrogens with one attached hydrogen (secondary N) is 1. The minimum absolute atomic E-state index is 0.0219. The second-order valence-electron chi connectivity index (χ2n) is 6.34. The van der Waals surface area contributed by atoms with Crippen molar-refractivity contribution < 1.29 is 4.79 Å². The van der Waals surface area contributed by atoms with E-state index in [1.54, 1.807) is 0 Å². The van der Waals surface area contributed by atoms with Crippen LogP contribution in [0.1, 0.15) is 6.92 Å². The molecule has 3 rings (SSSR count). The molecule has 0 aromatic heterocycles. The molecule has 1 heterocycles. The normalized spacial score (nSPS) is 16.0. The zero-order valence-electron chi connectivity index (χ0n) is 15.1. The molecule has 1 aliphatic heterocycles. The van der Waals surface area contributed by atoms with E-state index in [9.17, 15) is 4.79 Å². The molecule has 0 unspecified atom stereocenters. The van der Waals surface area contributed by atoms with Crippen molar-refractivity contribution in [1.82, 2.24) is 9.80 Å². The van der Waals surface area contributed by atoms with Gasteiger partial charge in [-0.25, -0.2) is 0 Å². The second-order valence-corrected chi connectivity index (χ2v) is 6.34. The molecule has 6 nitrogen and oxygen atoms in total. The van der Waals surface area contributed by atoms with Crippen molar-refractivity contribution in [3.63, 3.8) is 0 Å². The van der Waals surface area contributed by atoms with Crippen molar-refractivity contribution >= 4 is 23.0 Å². The minimum Gasteiger partial charge on any atom is -0.325 e. The third-order valence-corrected chi connectivity index (χ3v) is 4.47. The van der Waals surface area contributed by atoms with Crippen LogP contribution in [0.3, 0.4) is 0 Å². The van der Waals surface area contributed by atoms with Gasteiger partial charge in [0.2, 0.25) is 5.91 Å². The number of anilines is 1. The standard InChI is InChI=1S/C20H25N5O/c1-2-24-12-14-25(15-13-24)16-20(26)21-17-8-10-19(11-9-17)23-22-18-6-4-3-5-7-18/h3-11H,2,12-16H2,1H3,(H,21,26). The van der Waals surface area contributed by atoms with E-state index in [2.05, 4.69) is 32.3 Å². The lowest BCUT2D eigenvalue weighted by Crippen LogP contribution is -2.48. The highest BCUT2D eigenvalue weighted by Gasteiger charge is 2.17. The van der Waals surface area contributed by atoms with E-state index in [1.165, 1.54) is 0 Å². The highest BCUT2D eigenvalue weighted by Crippen LogP contribution is 2.20. The molecule has 0 atom stereocenters. The van der Waals surface area contributed by atoms with Gasteiger partial charge in [0.1, 0.15) is 0 Å². The molecule has 1 N–H and O–H groups in total. The molecule has 1 aliphatic rings. The van der Waals surface area contributed by atoms with Crippen LogP contribution in [0.5, 0.6) is 0 Å². The molecular weight excluding hydrogens is 326 g/mol. The van der Waals surface area contributed by atoms with Crippen molar-refractivity contribution in [3.05, 3.63) is 54.6 Å². The van der Waals surface area contributed by atoms with Crippen LogP contribution in [0.2, 0.25) is 0 Å². The zero-order chi connectivity index (χ0) is 18.2. The van der Waals surface area contributed by atoms with Crippen LogP contribution in [0.15, 0.2) is 64.8 Å². The highest BCUT2D eigenvalue weighted by atomic mass is 16.2. The van der Waals surface area contributed by atoms with Gasteiger partial charge in [-0.1, -0.05) is 25.1 Å². The van der Waals surface area contributed by atoms with Gasteiger partial charge in [0.25, 0.3) is 0 Å². The van der Waals surface area contributed by atoms with Crippen LogP contribution in [0.4, 0.5) is 17.1 Å². The Morgan fingerprint density at radius 2 is 1.46 bits per heavy atom. The Labute approximate surface area is 154 Å². The van der Waals surface area contributed by atoms with Crippen molar-refractivity contribution in [2.45, 2.75) is 6.92 Å². The average molecular weight is 351 g/mol. The van der Waals surface area contributed by atoms with Gasteiger partial charge in [-0.2, -0.15) is 10.2 Å². The first kappa shape index (κ1) is 18.2. The van der Waals surface area contributed by atoms with E-state index in [-0.39, 0.29) is 5.91 Å². The van der Waals surface area contributed by atoms with Crippen molar-refractivity contribution in [1.29, 1.82) is 0 Å². The maximum atomic E-state index is 12.2. The fourth-order valence-corrected chi connectivity index (χ4v) is 2.89. The number of hydrogen-bond donors (Lipinski definition) is 1. The SMILES string of the molecule is CCN1CCN(CC(=O)Nc2ccc(N=Nc3ccccc3)cc2)CC1. The van der Waals surface area contributed by atoms with Crippen LogP contribution >= 0.6 is 0 Å². The molecule has 0 saturated carbocycles. The molecule has 1 amide bonds. The molecule has 0 spiro atoms. The largest absolute Gasteiger partial charge is 0.325 e.